The predicted molar refractivity (Wildman–Crippen MR) is 164 cm³/mol. The van der Waals surface area contributed by atoms with E-state index in [1.54, 1.807) is 48.2 Å². The van der Waals surface area contributed by atoms with E-state index in [2.05, 4.69) is 22.8 Å². The monoisotopic (exact) mass is 574 g/mol. The summed E-state index contributed by atoms with van der Waals surface area (Å²) >= 11 is 0. The molecule has 0 aliphatic heterocycles. The largest absolute Gasteiger partial charge is 0.388 e. The molecule has 0 fully saturated rings. The Balaban J connectivity index is 0.000000443. The molecule has 0 unspecified atom stereocenters. The van der Waals surface area contributed by atoms with Crippen molar-refractivity contribution in [3.8, 4) is 0 Å². The number of anilines is 2. The highest BCUT2D eigenvalue weighted by atomic mass is 16.2. The molecule has 0 heterocycles. The fourth-order valence-corrected chi connectivity index (χ4v) is 3.50. The second-order valence-electron chi connectivity index (χ2n) is 9.10. The van der Waals surface area contributed by atoms with Gasteiger partial charge in [0.2, 0.25) is 18.2 Å². The van der Waals surface area contributed by atoms with E-state index in [1.807, 2.05) is 45.1 Å². The van der Waals surface area contributed by atoms with Crippen LogP contribution in [0.3, 0.4) is 0 Å². The molecule has 0 aliphatic rings. The molecule has 3 aromatic rings. The van der Waals surface area contributed by atoms with Crippen molar-refractivity contribution >= 4 is 48.6 Å². The third-order valence-corrected chi connectivity index (χ3v) is 6.21. The van der Waals surface area contributed by atoms with Crippen LogP contribution in [0.2, 0.25) is 0 Å². The number of nitrogens with zero attached hydrogens (tertiary/aromatic N) is 2. The molecular formula is C32H38N4O6. The van der Waals surface area contributed by atoms with Crippen molar-refractivity contribution in [2.45, 2.75) is 26.7 Å². The van der Waals surface area contributed by atoms with Crippen LogP contribution in [0.1, 0.15) is 45.7 Å². The van der Waals surface area contributed by atoms with Crippen molar-refractivity contribution in [1.29, 1.82) is 0 Å². The van der Waals surface area contributed by atoms with Gasteiger partial charge in [-0.2, -0.15) is 0 Å². The summed E-state index contributed by atoms with van der Waals surface area (Å²) in [5.41, 5.74) is 4.91. The smallest absolute Gasteiger partial charge is 0.255 e. The average Bonchev–Trinajstić information content (AvgIpc) is 3.02. The molecule has 10 heteroatoms. The van der Waals surface area contributed by atoms with Crippen LogP contribution >= 0.6 is 0 Å². The predicted octanol–water partition coefficient (Wildman–Crippen LogP) is 3.86. The van der Waals surface area contributed by atoms with E-state index in [9.17, 15) is 24.0 Å². The Bertz CT molecular complexity index is 1290. The summed E-state index contributed by atoms with van der Waals surface area (Å²) in [6, 6.07) is 21.8. The van der Waals surface area contributed by atoms with Crippen molar-refractivity contribution in [1.82, 2.24) is 9.80 Å². The van der Waals surface area contributed by atoms with Crippen LogP contribution < -0.4 is 10.6 Å². The molecule has 10 nitrogen and oxygen atoms in total. The number of imide groups is 1. The van der Waals surface area contributed by atoms with E-state index in [-0.39, 0.29) is 17.7 Å². The summed E-state index contributed by atoms with van der Waals surface area (Å²) in [4.78, 5) is 66.5. The number of hydrogen-bond donors (Lipinski definition) is 2. The number of hydrogen-bond acceptors (Lipinski definition) is 7. The quantitative estimate of drug-likeness (QED) is 0.332. The Morgan fingerprint density at radius 2 is 1.24 bits per heavy atom. The summed E-state index contributed by atoms with van der Waals surface area (Å²) in [6.45, 7) is 6.01. The van der Waals surface area contributed by atoms with E-state index in [4.69, 9.17) is 4.79 Å². The van der Waals surface area contributed by atoms with Gasteiger partial charge in [0, 0.05) is 63.5 Å². The highest BCUT2D eigenvalue weighted by Gasteiger charge is 2.08. The van der Waals surface area contributed by atoms with E-state index in [1.165, 1.54) is 12.5 Å². The molecule has 0 atom stereocenters. The van der Waals surface area contributed by atoms with Gasteiger partial charge in [-0.05, 0) is 60.4 Å². The highest BCUT2D eigenvalue weighted by Crippen LogP contribution is 2.13. The molecule has 0 aliphatic carbocycles. The van der Waals surface area contributed by atoms with Gasteiger partial charge in [0.1, 0.15) is 13.1 Å². The van der Waals surface area contributed by atoms with Gasteiger partial charge in [0.25, 0.3) is 5.91 Å². The molecule has 222 valence electrons. The van der Waals surface area contributed by atoms with Gasteiger partial charge < -0.3 is 20.3 Å². The zero-order chi connectivity index (χ0) is 31.5. The fraction of sp³-hybridized carbons (Fsp3) is 0.250. The highest BCUT2D eigenvalue weighted by molar-refractivity contribution is 6.04. The second-order valence-corrected chi connectivity index (χ2v) is 9.10. The Morgan fingerprint density at radius 1 is 0.738 bits per heavy atom. The molecule has 4 amide bonds. The molecule has 0 radical (unpaired) electrons. The SMILES string of the molecule is C=O.CC(=O)N(C=O)CCc1ccc(NC(=O)c2ccc(C=O)cc2)cc1.CNc1ccc(CCN(C)C(C)=O)cc1. The van der Waals surface area contributed by atoms with Crippen LogP contribution in [0.5, 0.6) is 0 Å². The first-order chi connectivity index (χ1) is 20.2. The van der Waals surface area contributed by atoms with Gasteiger partial charge in [-0.3, -0.25) is 28.9 Å². The number of amides is 4. The number of benzene rings is 3. The number of carbonyl (C=O) groups excluding carboxylic acids is 6. The normalized spacial score (nSPS) is 9.52. The Kier molecular flexibility index (Phi) is 15.8. The van der Waals surface area contributed by atoms with Gasteiger partial charge in [-0.1, -0.05) is 36.4 Å². The van der Waals surface area contributed by atoms with Gasteiger partial charge >= 0.3 is 0 Å². The lowest BCUT2D eigenvalue weighted by Gasteiger charge is -2.14. The number of rotatable bonds is 11. The first-order valence-electron chi connectivity index (χ1n) is 13.1. The van der Waals surface area contributed by atoms with E-state index < -0.39 is 0 Å². The molecule has 3 aromatic carbocycles. The summed E-state index contributed by atoms with van der Waals surface area (Å²) in [5, 5.41) is 5.84. The Hall–Kier alpha value is -5.12. The summed E-state index contributed by atoms with van der Waals surface area (Å²) in [6.07, 6.45) is 2.69. The van der Waals surface area contributed by atoms with Gasteiger partial charge in [0.05, 0.1) is 0 Å². The number of aldehydes is 1. The van der Waals surface area contributed by atoms with Gasteiger partial charge in [0.15, 0.2) is 0 Å². The summed E-state index contributed by atoms with van der Waals surface area (Å²) in [5.74, 6) is -0.449. The van der Waals surface area contributed by atoms with Crippen molar-refractivity contribution in [3.05, 3.63) is 95.1 Å². The van der Waals surface area contributed by atoms with Crippen molar-refractivity contribution < 1.29 is 28.8 Å². The molecule has 0 bridgehead atoms. The minimum atomic E-state index is -0.292. The lowest BCUT2D eigenvalue weighted by molar-refractivity contribution is -0.136. The lowest BCUT2D eigenvalue weighted by atomic mass is 10.1. The zero-order valence-electron chi connectivity index (χ0n) is 24.5. The van der Waals surface area contributed by atoms with Crippen LogP contribution in [0.25, 0.3) is 0 Å². The molecule has 0 aromatic heterocycles. The van der Waals surface area contributed by atoms with E-state index in [0.29, 0.717) is 36.2 Å². The molecule has 2 N–H and O–H groups in total. The van der Waals surface area contributed by atoms with Crippen LogP contribution in [-0.4, -0.2) is 74.2 Å². The Morgan fingerprint density at radius 3 is 1.67 bits per heavy atom. The van der Waals surface area contributed by atoms with E-state index >= 15 is 0 Å². The number of likely N-dealkylation sites (N-methyl/N-ethyl adjacent to an activating group) is 1. The first-order valence-corrected chi connectivity index (χ1v) is 13.1. The molecule has 0 saturated heterocycles. The number of nitrogens with one attached hydrogen (secondary N) is 2. The lowest BCUT2D eigenvalue weighted by Crippen LogP contribution is -2.29. The minimum absolute atomic E-state index is 0.113. The van der Waals surface area contributed by atoms with Crippen molar-refractivity contribution in [2.75, 3.05) is 37.8 Å². The number of carbonyl (C=O) groups is 6. The zero-order valence-corrected chi connectivity index (χ0v) is 24.5. The molecule has 3 rings (SSSR count). The first kappa shape index (κ1) is 34.9. The third-order valence-electron chi connectivity index (χ3n) is 6.21. The molecule has 0 spiro atoms. The van der Waals surface area contributed by atoms with Gasteiger partial charge in [-0.15, -0.1) is 0 Å². The van der Waals surface area contributed by atoms with Gasteiger partial charge in [-0.25, -0.2) is 0 Å². The maximum atomic E-state index is 12.1. The average molecular weight is 575 g/mol. The van der Waals surface area contributed by atoms with Crippen molar-refractivity contribution in [3.63, 3.8) is 0 Å². The topological polar surface area (TPSA) is 133 Å². The van der Waals surface area contributed by atoms with Crippen LogP contribution in [0, 0.1) is 0 Å². The third kappa shape index (κ3) is 12.4. The molecule has 42 heavy (non-hydrogen) atoms. The van der Waals surface area contributed by atoms with Crippen LogP contribution in [0.15, 0.2) is 72.8 Å². The van der Waals surface area contributed by atoms with Crippen LogP contribution in [0.4, 0.5) is 11.4 Å². The maximum absolute atomic E-state index is 12.1. The van der Waals surface area contributed by atoms with Crippen molar-refractivity contribution in [2.24, 2.45) is 0 Å². The Labute approximate surface area is 246 Å². The molecular weight excluding hydrogens is 536 g/mol. The minimum Gasteiger partial charge on any atom is -0.388 e. The standard InChI is InChI=1S/C19H18N2O4.C12H18N2O.CH2O/c1-14(24)21(13-23)11-10-15-4-8-18(9-5-15)20-19(25)17-6-2-16(12-22)3-7-17;1-10(15)14(3)9-8-11-4-6-12(13-2)7-5-11;1-2/h2-9,12-13H,10-11H2,1H3,(H,20,25);4-7,13H,8-9H2,1-3H3;1H2. The summed E-state index contributed by atoms with van der Waals surface area (Å²) < 4.78 is 0. The molecule has 0 saturated carbocycles. The summed E-state index contributed by atoms with van der Waals surface area (Å²) in [7, 11) is 3.73. The van der Waals surface area contributed by atoms with E-state index in [0.717, 1.165) is 35.4 Å². The maximum Gasteiger partial charge on any atom is 0.255 e. The van der Waals surface area contributed by atoms with Crippen LogP contribution in [-0.2, 0) is 32.0 Å². The fourth-order valence-electron chi connectivity index (χ4n) is 3.50. The second kappa shape index (κ2) is 19.0.